The molecule has 1 atom stereocenters. The molecule has 0 aliphatic carbocycles. The van der Waals surface area contributed by atoms with Gasteiger partial charge < -0.3 is 9.64 Å². The molecule has 4 rings (SSSR count). The number of aromatic nitrogens is 4. The molecule has 2 aromatic rings. The van der Waals surface area contributed by atoms with Crippen molar-refractivity contribution in [2.75, 3.05) is 24.7 Å². The van der Waals surface area contributed by atoms with E-state index in [4.69, 9.17) is 4.74 Å². The zero-order valence-electron chi connectivity index (χ0n) is 11.9. The predicted octanol–water partition coefficient (Wildman–Crippen LogP) is 2.43. The van der Waals surface area contributed by atoms with Gasteiger partial charge in [0.05, 0.1) is 12.1 Å². The van der Waals surface area contributed by atoms with Crippen LogP contribution in [0.2, 0.25) is 0 Å². The minimum atomic E-state index is 0.368. The average molecular weight is 305 g/mol. The predicted molar refractivity (Wildman–Crippen MR) is 80.5 cm³/mol. The van der Waals surface area contributed by atoms with Gasteiger partial charge in [-0.1, -0.05) is 5.10 Å². The van der Waals surface area contributed by atoms with E-state index < -0.39 is 0 Å². The fourth-order valence-electron chi connectivity index (χ4n) is 3.36. The molecule has 0 N–H and O–H groups in total. The zero-order valence-corrected chi connectivity index (χ0v) is 12.7. The van der Waals surface area contributed by atoms with E-state index in [9.17, 15) is 0 Å². The molecule has 112 valence electrons. The lowest BCUT2D eigenvalue weighted by Crippen LogP contribution is -2.29. The Morgan fingerprint density at radius 3 is 2.95 bits per heavy atom. The van der Waals surface area contributed by atoms with Crippen molar-refractivity contribution >= 4 is 17.3 Å². The van der Waals surface area contributed by atoms with E-state index in [0.717, 1.165) is 38.5 Å². The molecule has 4 heterocycles. The van der Waals surface area contributed by atoms with Gasteiger partial charge in [0.2, 0.25) is 5.95 Å². The summed E-state index contributed by atoms with van der Waals surface area (Å²) < 4.78 is 7.47. The molecular formula is C14H19N5OS. The van der Waals surface area contributed by atoms with Crippen molar-refractivity contribution in [3.05, 3.63) is 22.4 Å². The molecule has 0 aromatic carbocycles. The molecule has 2 aromatic heterocycles. The van der Waals surface area contributed by atoms with Crippen LogP contribution in [0.25, 0.3) is 0 Å². The summed E-state index contributed by atoms with van der Waals surface area (Å²) in [5.74, 6) is 0.926. The Morgan fingerprint density at radius 2 is 2.14 bits per heavy atom. The maximum absolute atomic E-state index is 5.45. The van der Waals surface area contributed by atoms with Crippen LogP contribution in [0.1, 0.15) is 43.3 Å². The highest BCUT2D eigenvalue weighted by Gasteiger charge is 2.32. The lowest BCUT2D eigenvalue weighted by Gasteiger charge is -2.28. The monoisotopic (exact) mass is 305 g/mol. The van der Waals surface area contributed by atoms with Crippen molar-refractivity contribution in [3.8, 4) is 0 Å². The van der Waals surface area contributed by atoms with E-state index in [2.05, 4.69) is 37.3 Å². The highest BCUT2D eigenvalue weighted by atomic mass is 32.1. The molecule has 2 saturated heterocycles. The Bertz CT molecular complexity index is 578. The topological polar surface area (TPSA) is 56.1 Å². The molecule has 2 fully saturated rings. The average Bonchev–Trinajstić information content (AvgIpc) is 3.27. The standard InChI is InChI=1S/C14H19N5OS/c1-2-13(11-5-9-21-10-11)18(6-1)14-15-16-17-19(14)12-3-7-20-8-4-12/h5,9-10,12-13H,1-4,6-8H2. The van der Waals surface area contributed by atoms with E-state index in [1.54, 1.807) is 11.3 Å². The normalized spacial score (nSPS) is 23.8. The van der Waals surface area contributed by atoms with Crippen LogP contribution in [0, 0.1) is 0 Å². The summed E-state index contributed by atoms with van der Waals surface area (Å²) in [6.07, 6.45) is 4.36. The highest BCUT2D eigenvalue weighted by Crippen LogP contribution is 2.37. The van der Waals surface area contributed by atoms with Gasteiger partial charge in [0.1, 0.15) is 0 Å². The molecule has 2 aliphatic rings. The minimum Gasteiger partial charge on any atom is -0.381 e. The van der Waals surface area contributed by atoms with Crippen molar-refractivity contribution in [1.29, 1.82) is 0 Å². The van der Waals surface area contributed by atoms with Crippen LogP contribution < -0.4 is 4.90 Å². The van der Waals surface area contributed by atoms with E-state index in [1.165, 1.54) is 18.4 Å². The number of tetrazole rings is 1. The van der Waals surface area contributed by atoms with Crippen LogP contribution in [0.3, 0.4) is 0 Å². The molecule has 6 nitrogen and oxygen atoms in total. The lowest BCUT2D eigenvalue weighted by molar-refractivity contribution is 0.0660. The third-order valence-corrected chi connectivity index (χ3v) is 5.15. The van der Waals surface area contributed by atoms with Gasteiger partial charge in [0.25, 0.3) is 0 Å². The van der Waals surface area contributed by atoms with Gasteiger partial charge in [0.15, 0.2) is 0 Å². The molecule has 1 unspecified atom stereocenters. The van der Waals surface area contributed by atoms with Crippen LogP contribution in [-0.2, 0) is 4.74 Å². The first-order valence-electron chi connectivity index (χ1n) is 7.58. The van der Waals surface area contributed by atoms with Gasteiger partial charge in [-0.2, -0.15) is 11.3 Å². The van der Waals surface area contributed by atoms with Crippen molar-refractivity contribution in [1.82, 2.24) is 20.2 Å². The van der Waals surface area contributed by atoms with Gasteiger partial charge in [0, 0.05) is 19.8 Å². The van der Waals surface area contributed by atoms with Crippen molar-refractivity contribution in [2.24, 2.45) is 0 Å². The summed E-state index contributed by atoms with van der Waals surface area (Å²) in [5.41, 5.74) is 1.39. The van der Waals surface area contributed by atoms with E-state index >= 15 is 0 Å². The SMILES string of the molecule is c1cc(C2CCCN2c2nnnn2C2CCOCC2)cs1. The third kappa shape index (κ3) is 2.44. The first kappa shape index (κ1) is 13.2. The zero-order chi connectivity index (χ0) is 14.1. The molecule has 7 heteroatoms. The Labute approximate surface area is 127 Å². The molecular weight excluding hydrogens is 286 g/mol. The summed E-state index contributed by atoms with van der Waals surface area (Å²) in [7, 11) is 0. The van der Waals surface area contributed by atoms with Crippen molar-refractivity contribution < 1.29 is 4.74 Å². The van der Waals surface area contributed by atoms with E-state index in [-0.39, 0.29) is 0 Å². The van der Waals surface area contributed by atoms with E-state index in [0.29, 0.717) is 12.1 Å². The number of hydrogen-bond acceptors (Lipinski definition) is 6. The van der Waals surface area contributed by atoms with Crippen molar-refractivity contribution in [3.63, 3.8) is 0 Å². The maximum atomic E-state index is 5.45. The second-order valence-corrected chi connectivity index (χ2v) is 6.46. The van der Waals surface area contributed by atoms with Gasteiger partial charge in [-0.25, -0.2) is 4.68 Å². The van der Waals surface area contributed by atoms with Gasteiger partial charge in [-0.05, 0) is 58.5 Å². The van der Waals surface area contributed by atoms with Gasteiger partial charge >= 0.3 is 0 Å². The number of anilines is 1. The second-order valence-electron chi connectivity index (χ2n) is 5.68. The smallest absolute Gasteiger partial charge is 0.246 e. The molecule has 0 bridgehead atoms. The number of rotatable bonds is 3. The number of hydrogen-bond donors (Lipinski definition) is 0. The Hall–Kier alpha value is -1.47. The molecule has 2 aliphatic heterocycles. The maximum Gasteiger partial charge on any atom is 0.246 e. The summed E-state index contributed by atoms with van der Waals surface area (Å²) in [4.78, 5) is 2.37. The highest BCUT2D eigenvalue weighted by molar-refractivity contribution is 7.08. The summed E-state index contributed by atoms with van der Waals surface area (Å²) in [6.45, 7) is 2.64. The first-order chi connectivity index (χ1) is 10.4. The fraction of sp³-hybridized carbons (Fsp3) is 0.643. The van der Waals surface area contributed by atoms with Crippen LogP contribution >= 0.6 is 11.3 Å². The van der Waals surface area contributed by atoms with Crippen molar-refractivity contribution in [2.45, 2.75) is 37.8 Å². The Morgan fingerprint density at radius 1 is 1.24 bits per heavy atom. The molecule has 0 saturated carbocycles. The van der Waals surface area contributed by atoms with Gasteiger partial charge in [-0.15, -0.1) is 0 Å². The summed E-state index contributed by atoms with van der Waals surface area (Å²) in [6, 6.07) is 3.00. The molecule has 0 radical (unpaired) electrons. The van der Waals surface area contributed by atoms with Gasteiger partial charge in [-0.3, -0.25) is 0 Å². The number of thiophene rings is 1. The van der Waals surface area contributed by atoms with E-state index in [1.807, 2.05) is 4.68 Å². The summed E-state index contributed by atoms with van der Waals surface area (Å²) in [5, 5.41) is 16.9. The van der Waals surface area contributed by atoms with Crippen LogP contribution in [0.15, 0.2) is 16.8 Å². The molecule has 0 spiro atoms. The Kier molecular flexibility index (Phi) is 3.60. The Balaban J connectivity index is 1.62. The fourth-order valence-corrected chi connectivity index (χ4v) is 4.07. The number of ether oxygens (including phenoxy) is 1. The second kappa shape index (κ2) is 5.73. The first-order valence-corrected chi connectivity index (χ1v) is 8.52. The summed E-state index contributed by atoms with van der Waals surface area (Å²) >= 11 is 1.76. The van der Waals surface area contributed by atoms with Crippen LogP contribution in [0.4, 0.5) is 5.95 Å². The largest absolute Gasteiger partial charge is 0.381 e. The third-order valence-electron chi connectivity index (χ3n) is 4.45. The quantitative estimate of drug-likeness (QED) is 0.871. The van der Waals surface area contributed by atoms with Crippen LogP contribution in [-0.4, -0.2) is 40.0 Å². The number of nitrogens with zero attached hydrogens (tertiary/aromatic N) is 5. The molecule has 0 amide bonds. The molecule has 21 heavy (non-hydrogen) atoms. The minimum absolute atomic E-state index is 0.368. The van der Waals surface area contributed by atoms with Crippen LogP contribution in [0.5, 0.6) is 0 Å². The lowest BCUT2D eigenvalue weighted by atomic mass is 10.1.